The standard InChI is InChI=1S/C13H16O6/c1-4-19-13(16)12-8(6-11(14)15)5-9(17-2)7-10(12)18-3/h5,7H,4,6H2,1-3H3,(H,14,15). The molecule has 6 heteroatoms. The molecule has 0 aliphatic rings. The molecule has 0 unspecified atom stereocenters. The maximum absolute atomic E-state index is 11.9. The van der Waals surface area contributed by atoms with E-state index in [4.69, 9.17) is 19.3 Å². The second kappa shape index (κ2) is 6.63. The Balaban J connectivity index is 3.36. The topological polar surface area (TPSA) is 82.1 Å². The number of carbonyl (C=O) groups is 2. The molecule has 0 aliphatic heterocycles. The third-order valence-corrected chi connectivity index (χ3v) is 2.43. The van der Waals surface area contributed by atoms with Crippen LogP contribution >= 0.6 is 0 Å². The summed E-state index contributed by atoms with van der Waals surface area (Å²) in [7, 11) is 2.84. The summed E-state index contributed by atoms with van der Waals surface area (Å²) < 4.78 is 15.1. The first kappa shape index (κ1) is 14.8. The number of ether oxygens (including phenoxy) is 3. The van der Waals surface area contributed by atoms with E-state index in [0.29, 0.717) is 11.3 Å². The van der Waals surface area contributed by atoms with E-state index in [1.54, 1.807) is 6.92 Å². The van der Waals surface area contributed by atoms with Crippen LogP contribution in [0, 0.1) is 0 Å². The lowest BCUT2D eigenvalue weighted by Crippen LogP contribution is -2.13. The van der Waals surface area contributed by atoms with E-state index in [1.807, 2.05) is 0 Å². The van der Waals surface area contributed by atoms with Crippen LogP contribution in [0.4, 0.5) is 0 Å². The molecule has 0 saturated heterocycles. The van der Waals surface area contributed by atoms with E-state index < -0.39 is 11.9 Å². The van der Waals surface area contributed by atoms with Crippen molar-refractivity contribution in [3.63, 3.8) is 0 Å². The number of carbonyl (C=O) groups excluding carboxylic acids is 1. The molecular weight excluding hydrogens is 252 g/mol. The molecule has 1 aromatic rings. The second-order valence-corrected chi connectivity index (χ2v) is 3.65. The fraction of sp³-hybridized carbons (Fsp3) is 0.385. The highest BCUT2D eigenvalue weighted by Crippen LogP contribution is 2.30. The molecule has 0 fully saturated rings. The first-order chi connectivity index (χ1) is 9.03. The molecule has 0 bridgehead atoms. The van der Waals surface area contributed by atoms with Crippen molar-refractivity contribution in [1.82, 2.24) is 0 Å². The summed E-state index contributed by atoms with van der Waals surface area (Å²) in [6.07, 6.45) is -0.318. The molecular formula is C13H16O6. The van der Waals surface area contributed by atoms with Crippen LogP contribution in [-0.4, -0.2) is 37.9 Å². The molecule has 1 rings (SSSR count). The predicted octanol–water partition coefficient (Wildman–Crippen LogP) is 1.51. The number of benzene rings is 1. The Hall–Kier alpha value is -2.24. The maximum atomic E-state index is 11.9. The SMILES string of the molecule is CCOC(=O)c1c(CC(=O)O)cc(OC)cc1OC. The van der Waals surface area contributed by atoms with Gasteiger partial charge in [0.1, 0.15) is 17.1 Å². The van der Waals surface area contributed by atoms with Gasteiger partial charge in [0.05, 0.1) is 27.2 Å². The average molecular weight is 268 g/mol. The molecule has 0 saturated carbocycles. The van der Waals surface area contributed by atoms with Crippen LogP contribution in [0.5, 0.6) is 11.5 Å². The van der Waals surface area contributed by atoms with Gasteiger partial charge in [-0.05, 0) is 18.6 Å². The van der Waals surface area contributed by atoms with Gasteiger partial charge in [-0.1, -0.05) is 0 Å². The van der Waals surface area contributed by atoms with Crippen molar-refractivity contribution >= 4 is 11.9 Å². The Labute approximate surface area is 110 Å². The quantitative estimate of drug-likeness (QED) is 0.787. The predicted molar refractivity (Wildman–Crippen MR) is 66.8 cm³/mol. The zero-order valence-corrected chi connectivity index (χ0v) is 11.1. The van der Waals surface area contributed by atoms with Crippen LogP contribution in [0.1, 0.15) is 22.8 Å². The largest absolute Gasteiger partial charge is 0.497 e. The van der Waals surface area contributed by atoms with Crippen molar-refractivity contribution < 1.29 is 28.9 Å². The average Bonchev–Trinajstić information content (AvgIpc) is 2.37. The highest BCUT2D eigenvalue weighted by Gasteiger charge is 2.21. The van der Waals surface area contributed by atoms with Crippen LogP contribution in [0.2, 0.25) is 0 Å². The summed E-state index contributed by atoms with van der Waals surface area (Å²) in [6.45, 7) is 1.87. The Bertz CT molecular complexity index is 480. The summed E-state index contributed by atoms with van der Waals surface area (Å²) in [6, 6.07) is 3.00. The summed E-state index contributed by atoms with van der Waals surface area (Å²) >= 11 is 0. The van der Waals surface area contributed by atoms with Crippen molar-refractivity contribution in [2.24, 2.45) is 0 Å². The zero-order valence-electron chi connectivity index (χ0n) is 11.1. The van der Waals surface area contributed by atoms with Crippen molar-refractivity contribution in [1.29, 1.82) is 0 Å². The number of rotatable bonds is 6. The fourth-order valence-corrected chi connectivity index (χ4v) is 1.66. The van der Waals surface area contributed by atoms with Crippen molar-refractivity contribution in [3.8, 4) is 11.5 Å². The number of carboxylic acids is 1. The van der Waals surface area contributed by atoms with Crippen LogP contribution in [0.25, 0.3) is 0 Å². The molecule has 0 amide bonds. The normalized spacial score (nSPS) is 9.84. The van der Waals surface area contributed by atoms with Gasteiger partial charge in [-0.15, -0.1) is 0 Å². The third kappa shape index (κ3) is 3.61. The fourth-order valence-electron chi connectivity index (χ4n) is 1.66. The van der Waals surface area contributed by atoms with Gasteiger partial charge in [-0.25, -0.2) is 4.79 Å². The Morgan fingerprint density at radius 1 is 1.21 bits per heavy atom. The Kier molecular flexibility index (Phi) is 5.17. The molecule has 0 aliphatic carbocycles. The van der Waals surface area contributed by atoms with Gasteiger partial charge in [0.15, 0.2) is 0 Å². The summed E-state index contributed by atoms with van der Waals surface area (Å²) in [5.41, 5.74) is 0.412. The minimum atomic E-state index is -1.05. The number of aliphatic carboxylic acids is 1. The summed E-state index contributed by atoms with van der Waals surface area (Å²) in [4.78, 5) is 22.8. The Morgan fingerprint density at radius 2 is 1.89 bits per heavy atom. The van der Waals surface area contributed by atoms with Gasteiger partial charge >= 0.3 is 11.9 Å². The van der Waals surface area contributed by atoms with Crippen molar-refractivity contribution in [2.75, 3.05) is 20.8 Å². The number of carboxylic acid groups (broad SMARTS) is 1. The van der Waals surface area contributed by atoms with E-state index in [0.717, 1.165) is 0 Å². The second-order valence-electron chi connectivity index (χ2n) is 3.65. The lowest BCUT2D eigenvalue weighted by molar-refractivity contribution is -0.136. The Morgan fingerprint density at radius 3 is 2.37 bits per heavy atom. The summed E-state index contributed by atoms with van der Waals surface area (Å²) in [5.74, 6) is -1.02. The van der Waals surface area contributed by atoms with Gasteiger partial charge in [0, 0.05) is 6.07 Å². The van der Waals surface area contributed by atoms with Crippen LogP contribution in [0.15, 0.2) is 12.1 Å². The van der Waals surface area contributed by atoms with Crippen LogP contribution < -0.4 is 9.47 Å². The minimum Gasteiger partial charge on any atom is -0.497 e. The van der Waals surface area contributed by atoms with Gasteiger partial charge in [0.25, 0.3) is 0 Å². The highest BCUT2D eigenvalue weighted by atomic mass is 16.5. The van der Waals surface area contributed by atoms with E-state index in [2.05, 4.69) is 0 Å². The van der Waals surface area contributed by atoms with Crippen LogP contribution in [0.3, 0.4) is 0 Å². The molecule has 0 atom stereocenters. The first-order valence-corrected chi connectivity index (χ1v) is 5.67. The number of methoxy groups -OCH3 is 2. The van der Waals surface area contributed by atoms with E-state index >= 15 is 0 Å². The van der Waals surface area contributed by atoms with E-state index in [-0.39, 0.29) is 24.3 Å². The smallest absolute Gasteiger partial charge is 0.342 e. The first-order valence-electron chi connectivity index (χ1n) is 5.67. The van der Waals surface area contributed by atoms with Gasteiger partial charge < -0.3 is 19.3 Å². The van der Waals surface area contributed by atoms with E-state index in [9.17, 15) is 9.59 Å². The lowest BCUT2D eigenvalue weighted by atomic mass is 10.0. The van der Waals surface area contributed by atoms with Gasteiger partial charge in [0.2, 0.25) is 0 Å². The molecule has 1 aromatic carbocycles. The lowest BCUT2D eigenvalue weighted by Gasteiger charge is -2.13. The van der Waals surface area contributed by atoms with Crippen molar-refractivity contribution in [3.05, 3.63) is 23.3 Å². The van der Waals surface area contributed by atoms with Crippen molar-refractivity contribution in [2.45, 2.75) is 13.3 Å². The molecule has 6 nitrogen and oxygen atoms in total. The monoisotopic (exact) mass is 268 g/mol. The minimum absolute atomic E-state index is 0.118. The number of hydrogen-bond acceptors (Lipinski definition) is 5. The zero-order chi connectivity index (χ0) is 14.4. The molecule has 0 aromatic heterocycles. The number of hydrogen-bond donors (Lipinski definition) is 1. The maximum Gasteiger partial charge on any atom is 0.342 e. The van der Waals surface area contributed by atoms with Gasteiger partial charge in [-0.2, -0.15) is 0 Å². The van der Waals surface area contributed by atoms with Crippen LogP contribution in [-0.2, 0) is 16.0 Å². The summed E-state index contributed by atoms with van der Waals surface area (Å²) in [5, 5.41) is 8.90. The molecule has 104 valence electrons. The molecule has 19 heavy (non-hydrogen) atoms. The van der Waals surface area contributed by atoms with Gasteiger partial charge in [-0.3, -0.25) is 4.79 Å². The number of esters is 1. The van der Waals surface area contributed by atoms with E-state index in [1.165, 1.54) is 26.4 Å². The third-order valence-electron chi connectivity index (χ3n) is 2.43. The molecule has 0 spiro atoms. The molecule has 0 heterocycles. The highest BCUT2D eigenvalue weighted by molar-refractivity contribution is 5.95. The molecule has 1 N–H and O–H groups in total. The molecule has 0 radical (unpaired) electrons.